The molecule has 2 amide bonds. The van der Waals surface area contributed by atoms with Crippen LogP contribution in [0.15, 0.2) is 35.4 Å². The van der Waals surface area contributed by atoms with Gasteiger partial charge in [-0.25, -0.2) is 8.42 Å². The fraction of sp³-hybridized carbons (Fsp3) is 0.500. The molecule has 0 radical (unpaired) electrons. The highest BCUT2D eigenvalue weighted by Crippen LogP contribution is 2.38. The van der Waals surface area contributed by atoms with Gasteiger partial charge in [-0.1, -0.05) is 12.1 Å². The van der Waals surface area contributed by atoms with Gasteiger partial charge in [0.1, 0.15) is 0 Å². The molecule has 0 aromatic heterocycles. The van der Waals surface area contributed by atoms with Crippen molar-refractivity contribution in [3.05, 3.63) is 36.0 Å². The van der Waals surface area contributed by atoms with Gasteiger partial charge in [-0.05, 0) is 56.5 Å². The van der Waals surface area contributed by atoms with Gasteiger partial charge in [-0.2, -0.15) is 4.31 Å². The fourth-order valence-corrected chi connectivity index (χ4v) is 6.22. The average molecular weight is 404 g/mol. The van der Waals surface area contributed by atoms with Gasteiger partial charge in [-0.3, -0.25) is 9.59 Å². The summed E-state index contributed by atoms with van der Waals surface area (Å²) in [7, 11) is -3.77. The molecule has 0 unspecified atom stereocenters. The van der Waals surface area contributed by atoms with Crippen LogP contribution < -0.4 is 10.2 Å². The first-order valence-electron chi connectivity index (χ1n) is 9.71. The Hall–Kier alpha value is -2.19. The fourth-order valence-electron chi connectivity index (χ4n) is 4.41. The molecule has 2 saturated heterocycles. The van der Waals surface area contributed by atoms with E-state index in [1.165, 1.54) is 4.31 Å². The molecule has 1 atom stereocenters. The quantitative estimate of drug-likeness (QED) is 0.835. The van der Waals surface area contributed by atoms with E-state index in [-0.39, 0.29) is 23.3 Å². The number of carbonyl (C=O) groups is 2. The summed E-state index contributed by atoms with van der Waals surface area (Å²) in [6, 6.07) is 5.16. The van der Waals surface area contributed by atoms with E-state index >= 15 is 0 Å². The molecule has 0 aliphatic carbocycles. The van der Waals surface area contributed by atoms with Crippen LogP contribution in [0.4, 0.5) is 5.69 Å². The lowest BCUT2D eigenvalue weighted by molar-refractivity contribution is -0.132. The van der Waals surface area contributed by atoms with E-state index in [1.807, 2.05) is 6.08 Å². The molecular weight excluding hydrogens is 378 g/mol. The Labute approximate surface area is 165 Å². The lowest BCUT2D eigenvalue weighted by atomic mass is 9.76. The summed E-state index contributed by atoms with van der Waals surface area (Å²) in [5.74, 6) is -0.0853. The van der Waals surface area contributed by atoms with Crippen molar-refractivity contribution in [1.82, 2.24) is 9.62 Å². The van der Waals surface area contributed by atoms with E-state index in [1.54, 1.807) is 36.2 Å². The Morgan fingerprint density at radius 1 is 1.14 bits per heavy atom. The van der Waals surface area contributed by atoms with E-state index < -0.39 is 15.4 Å². The Bertz CT molecular complexity index is 956. The molecule has 3 aliphatic rings. The van der Waals surface area contributed by atoms with Crippen LogP contribution in [0.1, 0.15) is 37.7 Å². The molecule has 4 rings (SSSR count). The highest BCUT2D eigenvalue weighted by molar-refractivity contribution is 7.89. The second-order valence-electron chi connectivity index (χ2n) is 7.90. The third-order valence-electron chi connectivity index (χ3n) is 6.04. The molecule has 0 bridgehead atoms. The molecule has 1 aromatic carbocycles. The second-order valence-corrected chi connectivity index (χ2v) is 9.81. The molecule has 1 aromatic rings. The van der Waals surface area contributed by atoms with E-state index in [0.717, 1.165) is 6.42 Å². The van der Waals surface area contributed by atoms with Gasteiger partial charge in [0, 0.05) is 31.7 Å². The minimum atomic E-state index is -3.77. The maximum atomic E-state index is 13.5. The predicted molar refractivity (Wildman–Crippen MR) is 105 cm³/mol. The number of sulfonamides is 1. The number of carbonyl (C=O) groups excluding carboxylic acids is 2. The third-order valence-corrected chi connectivity index (χ3v) is 8.03. The van der Waals surface area contributed by atoms with Gasteiger partial charge in [0.25, 0.3) is 0 Å². The summed E-state index contributed by atoms with van der Waals surface area (Å²) in [5.41, 5.74) is 0.566. The topological polar surface area (TPSA) is 86.8 Å². The smallest absolute Gasteiger partial charge is 0.243 e. The van der Waals surface area contributed by atoms with Crippen LogP contribution in [0.5, 0.6) is 0 Å². The highest BCUT2D eigenvalue weighted by Gasteiger charge is 2.45. The van der Waals surface area contributed by atoms with Crippen molar-refractivity contribution < 1.29 is 18.0 Å². The number of aryl methyl sites for hydroxylation is 1. The number of hydrogen-bond donors (Lipinski definition) is 1. The number of anilines is 1. The first-order valence-corrected chi connectivity index (χ1v) is 11.1. The van der Waals surface area contributed by atoms with E-state index in [2.05, 4.69) is 5.32 Å². The summed E-state index contributed by atoms with van der Waals surface area (Å²) in [6.45, 7) is 2.95. The summed E-state index contributed by atoms with van der Waals surface area (Å²) >= 11 is 0. The van der Waals surface area contributed by atoms with Crippen molar-refractivity contribution in [2.75, 3.05) is 24.5 Å². The van der Waals surface area contributed by atoms with Crippen LogP contribution in [0.2, 0.25) is 0 Å². The first kappa shape index (κ1) is 19.1. The third kappa shape index (κ3) is 3.14. The molecule has 7 nitrogen and oxygen atoms in total. The Morgan fingerprint density at radius 2 is 1.96 bits per heavy atom. The van der Waals surface area contributed by atoms with E-state index in [0.29, 0.717) is 50.0 Å². The number of nitrogens with zero attached hydrogens (tertiary/aromatic N) is 2. The molecule has 1 N–H and O–H groups in total. The molecule has 1 spiro atoms. The van der Waals surface area contributed by atoms with Crippen LogP contribution in [0, 0.1) is 12.3 Å². The number of piperidine rings is 1. The van der Waals surface area contributed by atoms with Crippen LogP contribution >= 0.6 is 0 Å². The zero-order chi connectivity index (χ0) is 19.9. The number of allylic oxidation sites excluding steroid dienone is 1. The van der Waals surface area contributed by atoms with Gasteiger partial charge in [0.2, 0.25) is 21.8 Å². The lowest BCUT2D eigenvalue weighted by Crippen LogP contribution is -2.53. The summed E-state index contributed by atoms with van der Waals surface area (Å²) in [5, 5.41) is 2.73. The number of rotatable bonds is 3. The van der Waals surface area contributed by atoms with E-state index in [9.17, 15) is 18.0 Å². The molecule has 2 fully saturated rings. The zero-order valence-corrected chi connectivity index (χ0v) is 16.8. The largest absolute Gasteiger partial charge is 0.332 e. The van der Waals surface area contributed by atoms with E-state index in [4.69, 9.17) is 0 Å². The number of nitrogens with one attached hydrogen (secondary N) is 1. The maximum Gasteiger partial charge on any atom is 0.243 e. The van der Waals surface area contributed by atoms with Gasteiger partial charge >= 0.3 is 0 Å². The standard InChI is InChI=1S/C20H25N3O4S/c1-15-6-7-16(23-12-2-5-18(23)24)13-17(15)28(26,27)22-11-4-9-20(14-22)8-3-10-21-19(20)25/h3,6-7,10,13H,2,4-5,8-9,11-12,14H2,1H3,(H,21,25)/t20-/m0/s1. The van der Waals surface area contributed by atoms with Gasteiger partial charge in [0.05, 0.1) is 10.3 Å². The molecule has 3 aliphatic heterocycles. The van der Waals surface area contributed by atoms with Crippen molar-refractivity contribution in [3.63, 3.8) is 0 Å². The number of benzene rings is 1. The van der Waals surface area contributed by atoms with Crippen LogP contribution in [0.25, 0.3) is 0 Å². The summed E-state index contributed by atoms with van der Waals surface area (Å²) < 4.78 is 28.4. The molecule has 8 heteroatoms. The van der Waals surface area contributed by atoms with Crippen molar-refractivity contribution >= 4 is 27.5 Å². The van der Waals surface area contributed by atoms with Crippen molar-refractivity contribution in [3.8, 4) is 0 Å². The first-order chi connectivity index (χ1) is 13.3. The molecule has 150 valence electrons. The van der Waals surface area contributed by atoms with Crippen LogP contribution in [-0.2, 0) is 19.6 Å². The minimum Gasteiger partial charge on any atom is -0.332 e. The molecular formula is C20H25N3O4S. The zero-order valence-electron chi connectivity index (χ0n) is 16.0. The predicted octanol–water partition coefficient (Wildman–Crippen LogP) is 1.93. The molecule has 28 heavy (non-hydrogen) atoms. The average Bonchev–Trinajstić information content (AvgIpc) is 3.11. The van der Waals surface area contributed by atoms with Gasteiger partial charge < -0.3 is 10.2 Å². The Kier molecular flexibility index (Phi) is 4.79. The normalized spacial score (nSPS) is 26.1. The lowest BCUT2D eigenvalue weighted by Gasteiger charge is -2.41. The maximum absolute atomic E-state index is 13.5. The van der Waals surface area contributed by atoms with Gasteiger partial charge in [-0.15, -0.1) is 0 Å². The number of amides is 2. The van der Waals surface area contributed by atoms with Crippen molar-refractivity contribution in [2.24, 2.45) is 5.41 Å². The van der Waals surface area contributed by atoms with Crippen LogP contribution in [0.3, 0.4) is 0 Å². The van der Waals surface area contributed by atoms with Crippen molar-refractivity contribution in [1.29, 1.82) is 0 Å². The Balaban J connectivity index is 1.67. The SMILES string of the molecule is Cc1ccc(N2CCCC2=O)cc1S(=O)(=O)N1CCC[C@@]2(CC=CNC2=O)C1. The summed E-state index contributed by atoms with van der Waals surface area (Å²) in [4.78, 5) is 26.4. The van der Waals surface area contributed by atoms with Crippen molar-refractivity contribution in [2.45, 2.75) is 43.9 Å². The Morgan fingerprint density at radius 3 is 2.68 bits per heavy atom. The molecule has 3 heterocycles. The number of hydrogen-bond acceptors (Lipinski definition) is 4. The molecule has 0 saturated carbocycles. The highest BCUT2D eigenvalue weighted by atomic mass is 32.2. The monoisotopic (exact) mass is 403 g/mol. The van der Waals surface area contributed by atoms with Crippen LogP contribution in [-0.4, -0.2) is 44.2 Å². The minimum absolute atomic E-state index is 0.0230. The summed E-state index contributed by atoms with van der Waals surface area (Å²) in [6.07, 6.45) is 6.66. The van der Waals surface area contributed by atoms with Gasteiger partial charge in [0.15, 0.2) is 0 Å². The second kappa shape index (κ2) is 7.00.